The quantitative estimate of drug-likeness (QED) is 0.443. The summed E-state index contributed by atoms with van der Waals surface area (Å²) in [4.78, 5) is 20.2. The molecule has 158 valence electrons. The highest BCUT2D eigenvalue weighted by atomic mass is 35.5. The van der Waals surface area contributed by atoms with Gasteiger partial charge in [0.05, 0.1) is 16.4 Å². The lowest BCUT2D eigenvalue weighted by molar-refractivity contribution is -0.142. The number of amides is 1. The van der Waals surface area contributed by atoms with Gasteiger partial charge < -0.3 is 5.32 Å². The van der Waals surface area contributed by atoms with E-state index >= 15 is 0 Å². The Morgan fingerprint density at radius 3 is 2.29 bits per heavy atom. The van der Waals surface area contributed by atoms with Crippen LogP contribution >= 0.6 is 11.6 Å². The Morgan fingerprint density at radius 2 is 1.65 bits per heavy atom. The number of hydrogen-bond donors (Lipinski definition) is 1. The van der Waals surface area contributed by atoms with Crippen molar-refractivity contribution in [2.24, 2.45) is 0 Å². The summed E-state index contributed by atoms with van der Waals surface area (Å²) in [6, 6.07) is 8.55. The van der Waals surface area contributed by atoms with Gasteiger partial charge in [0.25, 0.3) is 11.7 Å². The first-order chi connectivity index (χ1) is 14.6. The van der Waals surface area contributed by atoms with Gasteiger partial charge in [0.2, 0.25) is 5.82 Å². The van der Waals surface area contributed by atoms with E-state index in [1.165, 1.54) is 18.2 Å². The molecule has 0 radical (unpaired) electrons. The van der Waals surface area contributed by atoms with Crippen molar-refractivity contribution in [3.63, 3.8) is 0 Å². The fourth-order valence-electron chi connectivity index (χ4n) is 2.70. The minimum absolute atomic E-state index is 0.0166. The van der Waals surface area contributed by atoms with Crippen molar-refractivity contribution in [3.8, 4) is 11.3 Å². The van der Waals surface area contributed by atoms with Gasteiger partial charge in [-0.05, 0) is 48.5 Å². The molecular formula is C19H9ClF5N5O. The van der Waals surface area contributed by atoms with Crippen LogP contribution in [0.5, 0.6) is 0 Å². The minimum atomic E-state index is -4.85. The molecule has 31 heavy (non-hydrogen) atoms. The third-order valence-corrected chi connectivity index (χ3v) is 4.44. The number of aromatic nitrogens is 4. The molecule has 0 saturated heterocycles. The van der Waals surface area contributed by atoms with Crippen LogP contribution in [0.1, 0.15) is 16.3 Å². The number of nitrogens with zero attached hydrogens (tertiary/aromatic N) is 4. The van der Waals surface area contributed by atoms with Crippen molar-refractivity contribution in [2.45, 2.75) is 6.18 Å². The summed E-state index contributed by atoms with van der Waals surface area (Å²) in [6.45, 7) is 0. The number of hydrogen-bond acceptors (Lipinski definition) is 4. The number of anilines is 1. The summed E-state index contributed by atoms with van der Waals surface area (Å²) in [5, 5.41) is 5.78. The van der Waals surface area contributed by atoms with Crippen LogP contribution in [-0.4, -0.2) is 25.5 Å². The highest BCUT2D eigenvalue weighted by Gasteiger charge is 2.36. The molecule has 0 aliphatic heterocycles. The molecule has 12 heteroatoms. The number of nitrogens with one attached hydrogen (secondary N) is 1. The van der Waals surface area contributed by atoms with Crippen molar-refractivity contribution in [3.05, 3.63) is 76.7 Å². The molecule has 0 saturated carbocycles. The molecule has 2 aromatic heterocycles. The molecule has 0 bridgehead atoms. The van der Waals surface area contributed by atoms with Gasteiger partial charge in [-0.2, -0.15) is 22.7 Å². The maximum atomic E-state index is 13.6. The van der Waals surface area contributed by atoms with Crippen LogP contribution in [0, 0.1) is 11.6 Å². The van der Waals surface area contributed by atoms with Crippen molar-refractivity contribution < 1.29 is 26.7 Å². The Hall–Kier alpha value is -3.60. The molecular weight excluding hydrogens is 445 g/mol. The summed E-state index contributed by atoms with van der Waals surface area (Å²) in [5.74, 6) is -3.29. The van der Waals surface area contributed by atoms with E-state index in [1.54, 1.807) is 0 Å². The highest BCUT2D eigenvalue weighted by Crippen LogP contribution is 2.32. The molecule has 6 nitrogen and oxygen atoms in total. The van der Waals surface area contributed by atoms with Gasteiger partial charge in [0, 0.05) is 5.56 Å². The maximum Gasteiger partial charge on any atom is 0.433 e. The fraction of sp³-hybridized carbons (Fsp3) is 0.0526. The number of halogens is 6. The summed E-state index contributed by atoms with van der Waals surface area (Å²) in [7, 11) is 0. The summed E-state index contributed by atoms with van der Waals surface area (Å²) in [6.07, 6.45) is -4.85. The average Bonchev–Trinajstić information content (AvgIpc) is 3.13. The lowest BCUT2D eigenvalue weighted by atomic mass is 10.1. The molecule has 0 fully saturated rings. The highest BCUT2D eigenvalue weighted by molar-refractivity contribution is 6.33. The molecule has 0 aliphatic rings. The summed E-state index contributed by atoms with van der Waals surface area (Å²) < 4.78 is 67.5. The smallest absolute Gasteiger partial charge is 0.318 e. The Bertz CT molecular complexity index is 1300. The van der Waals surface area contributed by atoms with Gasteiger partial charge in [-0.3, -0.25) is 4.79 Å². The van der Waals surface area contributed by atoms with Crippen molar-refractivity contribution in [1.82, 2.24) is 19.6 Å². The molecule has 2 heterocycles. The van der Waals surface area contributed by atoms with Crippen LogP contribution in [-0.2, 0) is 6.18 Å². The lowest BCUT2D eigenvalue weighted by Crippen LogP contribution is -2.16. The predicted octanol–water partition coefficient (Wildman–Crippen LogP) is 4.99. The topological polar surface area (TPSA) is 72.2 Å². The Morgan fingerprint density at radius 1 is 0.968 bits per heavy atom. The van der Waals surface area contributed by atoms with E-state index in [2.05, 4.69) is 20.4 Å². The van der Waals surface area contributed by atoms with Crippen molar-refractivity contribution in [1.29, 1.82) is 0 Å². The van der Waals surface area contributed by atoms with Crippen LogP contribution < -0.4 is 5.32 Å². The van der Waals surface area contributed by atoms with Gasteiger partial charge in [0.1, 0.15) is 11.6 Å². The Balaban J connectivity index is 1.78. The number of rotatable bonds is 3. The number of benzene rings is 2. The molecule has 0 spiro atoms. The normalized spacial score (nSPS) is 11.7. The van der Waals surface area contributed by atoms with E-state index in [0.29, 0.717) is 10.6 Å². The first-order valence-corrected chi connectivity index (χ1v) is 8.87. The minimum Gasteiger partial charge on any atom is -0.318 e. The summed E-state index contributed by atoms with van der Waals surface area (Å²) >= 11 is 5.84. The second kappa shape index (κ2) is 7.58. The molecule has 0 aliphatic carbocycles. The first-order valence-electron chi connectivity index (χ1n) is 8.49. The van der Waals surface area contributed by atoms with Crippen molar-refractivity contribution >= 4 is 29.0 Å². The fourth-order valence-corrected chi connectivity index (χ4v) is 2.92. The van der Waals surface area contributed by atoms with Gasteiger partial charge in [-0.25, -0.2) is 13.8 Å². The van der Waals surface area contributed by atoms with E-state index in [9.17, 15) is 26.7 Å². The monoisotopic (exact) mass is 453 g/mol. The molecule has 4 aromatic rings. The third kappa shape index (κ3) is 4.17. The largest absolute Gasteiger partial charge is 0.433 e. The first kappa shape index (κ1) is 20.7. The molecule has 1 amide bonds. The molecule has 1 N–H and O–H groups in total. The zero-order valence-electron chi connectivity index (χ0n) is 15.1. The SMILES string of the molecule is O=C(Nc1ccc(F)cc1Cl)c1nc2nc(-c3ccc(F)cc3)cc(C(F)(F)F)n2n1. The van der Waals surface area contributed by atoms with E-state index < -0.39 is 41.0 Å². The maximum absolute atomic E-state index is 13.6. The van der Waals surface area contributed by atoms with Crippen LogP contribution in [0.2, 0.25) is 5.02 Å². The number of carbonyl (C=O) groups is 1. The van der Waals surface area contributed by atoms with Gasteiger partial charge in [-0.15, -0.1) is 5.10 Å². The molecule has 0 atom stereocenters. The standard InChI is InChI=1S/C19H9ClF5N5O/c20-12-7-11(22)5-6-13(12)26-17(31)16-28-18-27-14(9-1-3-10(21)4-2-9)8-15(19(23,24)25)30(18)29-16/h1-8H,(H,26,31). The Labute approximate surface area is 175 Å². The zero-order valence-corrected chi connectivity index (χ0v) is 15.8. The van der Waals surface area contributed by atoms with Crippen LogP contribution in [0.25, 0.3) is 17.0 Å². The zero-order chi connectivity index (χ0) is 22.3. The predicted molar refractivity (Wildman–Crippen MR) is 101 cm³/mol. The number of alkyl halides is 3. The second-order valence-electron chi connectivity index (χ2n) is 6.26. The summed E-state index contributed by atoms with van der Waals surface area (Å²) in [5.41, 5.74) is -1.15. The Kier molecular flexibility index (Phi) is 5.05. The lowest BCUT2D eigenvalue weighted by Gasteiger charge is -2.10. The van der Waals surface area contributed by atoms with E-state index in [4.69, 9.17) is 11.6 Å². The van der Waals surface area contributed by atoms with Crippen LogP contribution in [0.15, 0.2) is 48.5 Å². The van der Waals surface area contributed by atoms with Crippen LogP contribution in [0.4, 0.5) is 27.6 Å². The molecule has 0 unspecified atom stereocenters. The average molecular weight is 454 g/mol. The third-order valence-electron chi connectivity index (χ3n) is 4.12. The van der Waals surface area contributed by atoms with E-state index in [0.717, 1.165) is 24.3 Å². The second-order valence-corrected chi connectivity index (χ2v) is 6.66. The number of fused-ring (bicyclic) bond motifs is 1. The van der Waals surface area contributed by atoms with Crippen molar-refractivity contribution in [2.75, 3.05) is 5.32 Å². The van der Waals surface area contributed by atoms with Crippen LogP contribution in [0.3, 0.4) is 0 Å². The number of carbonyl (C=O) groups excluding carboxylic acids is 1. The van der Waals surface area contributed by atoms with E-state index in [1.807, 2.05) is 0 Å². The molecule has 2 aromatic carbocycles. The van der Waals surface area contributed by atoms with Gasteiger partial charge in [-0.1, -0.05) is 11.6 Å². The van der Waals surface area contributed by atoms with Gasteiger partial charge in [0.15, 0.2) is 5.69 Å². The van der Waals surface area contributed by atoms with E-state index in [-0.39, 0.29) is 22.0 Å². The molecule has 4 rings (SSSR count). The van der Waals surface area contributed by atoms with Gasteiger partial charge >= 0.3 is 6.18 Å².